The molecule has 0 N–H and O–H groups in total. The van der Waals surface area contributed by atoms with Crippen LogP contribution in [0.5, 0.6) is 0 Å². The van der Waals surface area contributed by atoms with Crippen molar-refractivity contribution in [3.63, 3.8) is 0 Å². The van der Waals surface area contributed by atoms with E-state index in [4.69, 9.17) is 0 Å². The SMILES string of the molecule is CC(C)c1sc(-c2ccccc2)c(-c2ccc(F)cc2)c1/C=C/C=O. The van der Waals surface area contributed by atoms with Gasteiger partial charge in [-0.3, -0.25) is 4.79 Å². The van der Waals surface area contributed by atoms with Crippen LogP contribution in [0, 0.1) is 5.82 Å². The number of aldehydes is 1. The van der Waals surface area contributed by atoms with Crippen molar-refractivity contribution in [3.8, 4) is 21.6 Å². The lowest BCUT2D eigenvalue weighted by Crippen LogP contribution is -1.88. The maximum absolute atomic E-state index is 13.4. The molecule has 0 saturated carbocycles. The molecule has 1 heterocycles. The van der Waals surface area contributed by atoms with Crippen LogP contribution in [0.15, 0.2) is 60.7 Å². The van der Waals surface area contributed by atoms with Crippen LogP contribution in [0.3, 0.4) is 0 Å². The average molecular weight is 350 g/mol. The highest BCUT2D eigenvalue weighted by Crippen LogP contribution is 2.46. The third-order valence-corrected chi connectivity index (χ3v) is 5.56. The fourth-order valence-corrected chi connectivity index (χ4v) is 4.21. The molecule has 0 saturated heterocycles. The van der Waals surface area contributed by atoms with Crippen molar-refractivity contribution < 1.29 is 9.18 Å². The number of thiophene rings is 1. The summed E-state index contributed by atoms with van der Waals surface area (Å²) in [6.07, 6.45) is 4.18. The fraction of sp³-hybridized carbons (Fsp3) is 0.136. The van der Waals surface area contributed by atoms with Crippen LogP contribution >= 0.6 is 11.3 Å². The van der Waals surface area contributed by atoms with E-state index in [1.54, 1.807) is 23.5 Å². The van der Waals surface area contributed by atoms with Crippen LogP contribution in [-0.2, 0) is 4.79 Å². The molecule has 0 fully saturated rings. The first-order valence-corrected chi connectivity index (χ1v) is 9.03. The smallest absolute Gasteiger partial charge is 0.142 e. The molecule has 0 aliphatic heterocycles. The Bertz CT molecular complexity index is 890. The third kappa shape index (κ3) is 3.62. The van der Waals surface area contributed by atoms with Crippen LogP contribution in [0.2, 0.25) is 0 Å². The zero-order valence-corrected chi connectivity index (χ0v) is 15.0. The molecule has 0 unspecified atom stereocenters. The second-order valence-electron chi connectivity index (χ2n) is 6.11. The van der Waals surface area contributed by atoms with Crippen molar-refractivity contribution in [2.75, 3.05) is 0 Å². The van der Waals surface area contributed by atoms with Crippen LogP contribution in [-0.4, -0.2) is 6.29 Å². The van der Waals surface area contributed by atoms with E-state index in [9.17, 15) is 9.18 Å². The van der Waals surface area contributed by atoms with Gasteiger partial charge in [-0.1, -0.05) is 56.3 Å². The van der Waals surface area contributed by atoms with E-state index in [0.717, 1.165) is 33.4 Å². The molecule has 0 spiro atoms. The van der Waals surface area contributed by atoms with Gasteiger partial charge < -0.3 is 0 Å². The topological polar surface area (TPSA) is 17.1 Å². The lowest BCUT2D eigenvalue weighted by atomic mass is 9.94. The number of allylic oxidation sites excluding steroid dienone is 1. The standard InChI is InChI=1S/C22H19FOS/c1-15(2)21-19(9-6-14-24)20(16-10-12-18(23)13-11-16)22(25-21)17-7-4-3-5-8-17/h3-15H,1-2H3/b9-6+. The van der Waals surface area contributed by atoms with Gasteiger partial charge in [-0.2, -0.15) is 0 Å². The molecular weight excluding hydrogens is 331 g/mol. The van der Waals surface area contributed by atoms with E-state index in [1.807, 2.05) is 24.3 Å². The minimum Gasteiger partial charge on any atom is -0.299 e. The summed E-state index contributed by atoms with van der Waals surface area (Å²) in [5, 5.41) is 0. The summed E-state index contributed by atoms with van der Waals surface area (Å²) in [6, 6.07) is 16.7. The lowest BCUT2D eigenvalue weighted by molar-refractivity contribution is -0.104. The van der Waals surface area contributed by atoms with E-state index in [0.29, 0.717) is 5.92 Å². The second-order valence-corrected chi connectivity index (χ2v) is 7.16. The molecular formula is C22H19FOS. The first kappa shape index (κ1) is 17.3. The molecule has 1 aromatic heterocycles. The summed E-state index contributed by atoms with van der Waals surface area (Å²) in [7, 11) is 0. The molecule has 25 heavy (non-hydrogen) atoms. The van der Waals surface area contributed by atoms with Crippen molar-refractivity contribution >= 4 is 23.7 Å². The highest BCUT2D eigenvalue weighted by molar-refractivity contribution is 7.16. The Morgan fingerprint density at radius 2 is 1.64 bits per heavy atom. The van der Waals surface area contributed by atoms with E-state index in [-0.39, 0.29) is 5.82 Å². The first-order valence-electron chi connectivity index (χ1n) is 8.21. The van der Waals surface area contributed by atoms with Gasteiger partial charge in [0.05, 0.1) is 0 Å². The molecule has 0 aliphatic rings. The summed E-state index contributed by atoms with van der Waals surface area (Å²) in [4.78, 5) is 13.3. The van der Waals surface area contributed by atoms with Crippen LogP contribution in [0.1, 0.15) is 30.2 Å². The van der Waals surface area contributed by atoms with Gasteiger partial charge in [0.2, 0.25) is 0 Å². The molecule has 0 atom stereocenters. The molecule has 3 heteroatoms. The molecule has 3 rings (SSSR count). The Morgan fingerprint density at radius 1 is 0.960 bits per heavy atom. The van der Waals surface area contributed by atoms with E-state index in [1.165, 1.54) is 23.1 Å². The quantitative estimate of drug-likeness (QED) is 0.376. The Labute approximate surface area is 151 Å². The third-order valence-electron chi connectivity index (χ3n) is 4.01. The minimum atomic E-state index is -0.255. The minimum absolute atomic E-state index is 0.255. The summed E-state index contributed by atoms with van der Waals surface area (Å²) in [6.45, 7) is 4.29. The number of halogens is 1. The Balaban J connectivity index is 2.32. The van der Waals surface area contributed by atoms with Crippen molar-refractivity contribution in [3.05, 3.63) is 76.9 Å². The monoisotopic (exact) mass is 350 g/mol. The Hall–Kier alpha value is -2.52. The van der Waals surface area contributed by atoms with Gasteiger partial charge >= 0.3 is 0 Å². The van der Waals surface area contributed by atoms with Gasteiger partial charge in [-0.05, 0) is 46.9 Å². The van der Waals surface area contributed by atoms with Gasteiger partial charge in [-0.15, -0.1) is 11.3 Å². The number of carbonyl (C=O) groups excluding carboxylic acids is 1. The number of rotatable bonds is 5. The predicted octanol–water partition coefficient (Wildman–Crippen LogP) is 6.56. The molecule has 0 bridgehead atoms. The summed E-state index contributed by atoms with van der Waals surface area (Å²) in [5.74, 6) is 0.0715. The molecule has 0 amide bonds. The van der Waals surface area contributed by atoms with Crippen LogP contribution < -0.4 is 0 Å². The number of carbonyl (C=O) groups is 1. The molecule has 3 aromatic rings. The van der Waals surface area contributed by atoms with Crippen molar-refractivity contribution in [1.82, 2.24) is 0 Å². The number of hydrogen-bond acceptors (Lipinski definition) is 2. The molecule has 1 nitrogen and oxygen atoms in total. The average Bonchev–Trinajstić information content (AvgIpc) is 3.01. The van der Waals surface area contributed by atoms with E-state index in [2.05, 4.69) is 26.0 Å². The zero-order chi connectivity index (χ0) is 17.8. The maximum Gasteiger partial charge on any atom is 0.142 e. The molecule has 2 aromatic carbocycles. The van der Waals surface area contributed by atoms with E-state index < -0.39 is 0 Å². The largest absolute Gasteiger partial charge is 0.299 e. The van der Waals surface area contributed by atoms with Gasteiger partial charge in [0.1, 0.15) is 12.1 Å². The number of hydrogen-bond donors (Lipinski definition) is 0. The number of benzene rings is 2. The summed E-state index contributed by atoms with van der Waals surface area (Å²) in [5.41, 5.74) is 4.17. The van der Waals surface area contributed by atoms with Crippen molar-refractivity contribution in [2.45, 2.75) is 19.8 Å². The van der Waals surface area contributed by atoms with Crippen molar-refractivity contribution in [2.24, 2.45) is 0 Å². The summed E-state index contributed by atoms with van der Waals surface area (Å²) >= 11 is 1.74. The first-order chi connectivity index (χ1) is 12.1. The molecule has 126 valence electrons. The van der Waals surface area contributed by atoms with Gasteiger partial charge in [0.25, 0.3) is 0 Å². The predicted molar refractivity (Wildman–Crippen MR) is 104 cm³/mol. The highest BCUT2D eigenvalue weighted by atomic mass is 32.1. The lowest BCUT2D eigenvalue weighted by Gasteiger charge is -2.08. The maximum atomic E-state index is 13.4. The van der Waals surface area contributed by atoms with Gasteiger partial charge in [0, 0.05) is 15.3 Å². The zero-order valence-electron chi connectivity index (χ0n) is 14.2. The van der Waals surface area contributed by atoms with Gasteiger partial charge in [-0.25, -0.2) is 4.39 Å². The summed E-state index contributed by atoms with van der Waals surface area (Å²) < 4.78 is 13.4. The van der Waals surface area contributed by atoms with Gasteiger partial charge in [0.15, 0.2) is 0 Å². The Morgan fingerprint density at radius 3 is 2.24 bits per heavy atom. The molecule has 0 aliphatic carbocycles. The van der Waals surface area contributed by atoms with Crippen molar-refractivity contribution in [1.29, 1.82) is 0 Å². The van der Waals surface area contributed by atoms with E-state index >= 15 is 0 Å². The highest BCUT2D eigenvalue weighted by Gasteiger charge is 2.20. The van der Waals surface area contributed by atoms with Crippen LogP contribution in [0.4, 0.5) is 4.39 Å². The second kappa shape index (κ2) is 7.58. The normalized spacial score (nSPS) is 11.4. The fourth-order valence-electron chi connectivity index (χ4n) is 2.89. The molecule has 0 radical (unpaired) electrons. The van der Waals surface area contributed by atoms with Crippen LogP contribution in [0.25, 0.3) is 27.6 Å². The Kier molecular flexibility index (Phi) is 5.25.